The lowest BCUT2D eigenvalue weighted by Gasteiger charge is -2.34. The monoisotopic (exact) mass is 389 g/mol. The summed E-state index contributed by atoms with van der Waals surface area (Å²) in [6, 6.07) is 18.9. The molecular weight excluding hydrogens is 362 g/mol. The van der Waals surface area contributed by atoms with Gasteiger partial charge >= 0.3 is 0 Å². The fourth-order valence-corrected chi connectivity index (χ4v) is 4.33. The van der Waals surface area contributed by atoms with Crippen molar-refractivity contribution in [1.29, 1.82) is 0 Å². The number of benzene rings is 2. The second kappa shape index (κ2) is 7.99. The smallest absolute Gasteiger partial charge is 0.215 e. The Morgan fingerprint density at radius 1 is 0.793 bits per heavy atom. The molecule has 0 unspecified atom stereocenters. The van der Waals surface area contributed by atoms with E-state index in [-0.39, 0.29) is 6.61 Å². The van der Waals surface area contributed by atoms with Crippen molar-refractivity contribution in [1.82, 2.24) is 23.8 Å². The summed E-state index contributed by atoms with van der Waals surface area (Å²) in [6.45, 7) is 7.09. The summed E-state index contributed by atoms with van der Waals surface area (Å²) < 4.78 is 4.58. The zero-order valence-electron chi connectivity index (χ0n) is 16.6. The number of aromatic nitrogens is 3. The van der Waals surface area contributed by atoms with Crippen LogP contribution >= 0.6 is 0 Å². The fourth-order valence-electron chi connectivity index (χ4n) is 4.33. The quantitative estimate of drug-likeness (QED) is 0.551. The van der Waals surface area contributed by atoms with Gasteiger partial charge in [-0.15, -0.1) is 0 Å². The first kappa shape index (κ1) is 18.4. The van der Waals surface area contributed by atoms with E-state index in [1.165, 1.54) is 11.3 Å². The maximum atomic E-state index is 9.14. The van der Waals surface area contributed by atoms with Crippen LogP contribution in [0.25, 0.3) is 28.1 Å². The molecule has 0 radical (unpaired) electrons. The molecule has 1 N–H and O–H groups in total. The second-order valence-corrected chi connectivity index (χ2v) is 7.71. The third-order valence-corrected chi connectivity index (χ3v) is 5.95. The third-order valence-electron chi connectivity index (χ3n) is 5.95. The number of rotatable bonds is 6. The van der Waals surface area contributed by atoms with Crippen molar-refractivity contribution in [3.8, 4) is 11.3 Å². The number of para-hydroxylation sites is 2. The first-order valence-corrected chi connectivity index (χ1v) is 10.4. The summed E-state index contributed by atoms with van der Waals surface area (Å²) in [5.41, 5.74) is 4.61. The lowest BCUT2D eigenvalue weighted by Crippen LogP contribution is -2.47. The maximum absolute atomic E-state index is 9.14. The van der Waals surface area contributed by atoms with Gasteiger partial charge in [0, 0.05) is 52.0 Å². The molecule has 1 fully saturated rings. The zero-order valence-corrected chi connectivity index (χ0v) is 16.6. The molecule has 150 valence electrons. The molecule has 1 aliphatic rings. The van der Waals surface area contributed by atoms with Crippen molar-refractivity contribution >= 4 is 16.8 Å². The first-order chi connectivity index (χ1) is 14.3. The number of β-amino-alcohol motifs (C(OH)–C–C–N with tert-alkyl or cyclic N) is 1. The largest absolute Gasteiger partial charge is 0.395 e. The minimum atomic E-state index is 0.245. The van der Waals surface area contributed by atoms with Gasteiger partial charge in [-0.3, -0.25) is 14.2 Å². The van der Waals surface area contributed by atoms with E-state index in [2.05, 4.69) is 73.5 Å². The molecule has 0 aliphatic carbocycles. The number of hydrogen-bond donors (Lipinski definition) is 1. The van der Waals surface area contributed by atoms with E-state index in [9.17, 15) is 0 Å². The number of aliphatic hydroxyl groups excluding tert-OH is 1. The summed E-state index contributed by atoms with van der Waals surface area (Å²) in [7, 11) is 0. The van der Waals surface area contributed by atoms with E-state index >= 15 is 0 Å². The molecule has 0 saturated carbocycles. The van der Waals surface area contributed by atoms with Gasteiger partial charge in [0.2, 0.25) is 5.78 Å². The Balaban J connectivity index is 1.45. The van der Waals surface area contributed by atoms with Gasteiger partial charge in [-0.25, -0.2) is 4.98 Å². The average Bonchev–Trinajstić information content (AvgIpc) is 3.30. The van der Waals surface area contributed by atoms with Gasteiger partial charge in [-0.2, -0.15) is 0 Å². The van der Waals surface area contributed by atoms with E-state index in [1.807, 2.05) is 6.07 Å². The highest BCUT2D eigenvalue weighted by atomic mass is 16.3. The molecule has 0 atom stereocenters. The van der Waals surface area contributed by atoms with Gasteiger partial charge in [0.1, 0.15) is 0 Å². The van der Waals surface area contributed by atoms with Crippen LogP contribution in [0.5, 0.6) is 0 Å². The van der Waals surface area contributed by atoms with Crippen LogP contribution in [0, 0.1) is 0 Å². The molecule has 0 bridgehead atoms. The number of fused-ring (bicyclic) bond motifs is 3. The Labute approximate surface area is 170 Å². The summed E-state index contributed by atoms with van der Waals surface area (Å²) in [5.74, 6) is 1.00. The topological polar surface area (TPSA) is 48.9 Å². The van der Waals surface area contributed by atoms with Crippen LogP contribution in [0.1, 0.15) is 0 Å². The normalized spacial score (nSPS) is 16.2. The molecular formula is C23H27N5O. The van der Waals surface area contributed by atoms with E-state index in [1.54, 1.807) is 0 Å². The summed E-state index contributed by atoms with van der Waals surface area (Å²) in [6.07, 6.45) is 2.22. The number of aliphatic hydroxyl groups is 1. The van der Waals surface area contributed by atoms with Crippen molar-refractivity contribution in [2.24, 2.45) is 0 Å². The van der Waals surface area contributed by atoms with Gasteiger partial charge in [0.15, 0.2) is 0 Å². The summed E-state index contributed by atoms with van der Waals surface area (Å²) in [5, 5.41) is 9.14. The molecule has 3 heterocycles. The molecule has 0 amide bonds. The minimum Gasteiger partial charge on any atom is -0.395 e. The van der Waals surface area contributed by atoms with Crippen molar-refractivity contribution in [2.45, 2.75) is 6.54 Å². The molecule has 0 spiro atoms. The highest BCUT2D eigenvalue weighted by molar-refractivity contribution is 5.81. The van der Waals surface area contributed by atoms with E-state index in [0.717, 1.165) is 62.6 Å². The van der Waals surface area contributed by atoms with Gasteiger partial charge in [0.25, 0.3) is 0 Å². The van der Waals surface area contributed by atoms with Crippen LogP contribution in [0.4, 0.5) is 0 Å². The molecule has 5 rings (SSSR count). The fraction of sp³-hybridized carbons (Fsp3) is 0.348. The van der Waals surface area contributed by atoms with Crippen LogP contribution in [-0.2, 0) is 6.54 Å². The molecule has 6 heteroatoms. The molecule has 1 saturated heterocycles. The highest BCUT2D eigenvalue weighted by Gasteiger charge is 2.19. The Morgan fingerprint density at radius 2 is 1.48 bits per heavy atom. The van der Waals surface area contributed by atoms with Crippen LogP contribution in [0.3, 0.4) is 0 Å². The van der Waals surface area contributed by atoms with Crippen molar-refractivity contribution in [3.63, 3.8) is 0 Å². The van der Waals surface area contributed by atoms with Gasteiger partial charge < -0.3 is 9.67 Å². The second-order valence-electron chi connectivity index (χ2n) is 7.71. The van der Waals surface area contributed by atoms with Gasteiger partial charge in [-0.1, -0.05) is 42.5 Å². The van der Waals surface area contributed by atoms with Crippen LogP contribution < -0.4 is 0 Å². The van der Waals surface area contributed by atoms with Crippen molar-refractivity contribution in [2.75, 3.05) is 45.9 Å². The number of imidazole rings is 2. The summed E-state index contributed by atoms with van der Waals surface area (Å²) >= 11 is 0. The number of piperazine rings is 1. The maximum Gasteiger partial charge on any atom is 0.215 e. The highest BCUT2D eigenvalue weighted by Crippen LogP contribution is 2.26. The molecule has 2 aromatic heterocycles. The van der Waals surface area contributed by atoms with Crippen molar-refractivity contribution in [3.05, 3.63) is 60.8 Å². The lowest BCUT2D eigenvalue weighted by atomic mass is 10.1. The third kappa shape index (κ3) is 3.55. The standard InChI is InChI=1S/C23H27N5O/c29-17-16-26-12-10-25(11-13-26)14-15-27-22(19-6-2-1-3-7-19)18-28-21-9-5-4-8-20(21)24-23(27)28/h1-9,18,29H,10-17H2. The number of hydrogen-bond acceptors (Lipinski definition) is 4. The predicted molar refractivity (Wildman–Crippen MR) is 116 cm³/mol. The Hall–Kier alpha value is -2.67. The van der Waals surface area contributed by atoms with E-state index < -0.39 is 0 Å². The molecule has 1 aliphatic heterocycles. The average molecular weight is 390 g/mol. The Bertz CT molecular complexity index is 1090. The lowest BCUT2D eigenvalue weighted by molar-refractivity contribution is 0.110. The van der Waals surface area contributed by atoms with Gasteiger partial charge in [-0.05, 0) is 17.7 Å². The summed E-state index contributed by atoms with van der Waals surface area (Å²) in [4.78, 5) is 9.78. The number of nitrogens with zero attached hydrogens (tertiary/aromatic N) is 5. The molecule has 29 heavy (non-hydrogen) atoms. The van der Waals surface area contributed by atoms with E-state index in [4.69, 9.17) is 10.1 Å². The van der Waals surface area contributed by atoms with Gasteiger partial charge in [0.05, 0.1) is 23.3 Å². The predicted octanol–water partition coefficient (Wildman–Crippen LogP) is 2.57. The van der Waals surface area contributed by atoms with Crippen LogP contribution in [-0.4, -0.2) is 74.7 Å². The SMILES string of the molecule is OCCN1CCN(CCn2c(-c3ccccc3)cn3c4ccccc4nc23)CC1. The van der Waals surface area contributed by atoms with Crippen LogP contribution in [0.2, 0.25) is 0 Å². The van der Waals surface area contributed by atoms with E-state index in [0.29, 0.717) is 0 Å². The first-order valence-electron chi connectivity index (χ1n) is 10.4. The van der Waals surface area contributed by atoms with Crippen molar-refractivity contribution < 1.29 is 5.11 Å². The molecule has 2 aromatic carbocycles. The molecule has 6 nitrogen and oxygen atoms in total. The Morgan fingerprint density at radius 3 is 2.24 bits per heavy atom. The minimum absolute atomic E-state index is 0.245. The van der Waals surface area contributed by atoms with Crippen LogP contribution in [0.15, 0.2) is 60.8 Å². The zero-order chi connectivity index (χ0) is 19.6. The Kier molecular flexibility index (Phi) is 5.06. The molecule has 4 aromatic rings.